The Hall–Kier alpha value is -0.950. The third kappa shape index (κ3) is 2.41. The Morgan fingerprint density at radius 3 is 2.47 bits per heavy atom. The molecule has 2 aliphatic rings. The van der Waals surface area contributed by atoms with Gasteiger partial charge in [0, 0.05) is 0 Å². The zero-order chi connectivity index (χ0) is 13.7. The highest BCUT2D eigenvalue weighted by molar-refractivity contribution is 7.92. The molecule has 3 rings (SSSR count). The van der Waals surface area contributed by atoms with Gasteiger partial charge in [-0.1, -0.05) is 18.2 Å². The molecule has 19 heavy (non-hydrogen) atoms. The van der Waals surface area contributed by atoms with Gasteiger partial charge in [0.05, 0.1) is 11.5 Å². The predicted octanol–water partition coefficient (Wildman–Crippen LogP) is 1.34. The molecular formula is C13H16O5S. The Balaban J connectivity index is 1.73. The summed E-state index contributed by atoms with van der Waals surface area (Å²) in [5.41, 5.74) is -0.822. The molecular weight excluding hydrogens is 268 g/mol. The van der Waals surface area contributed by atoms with Gasteiger partial charge in [-0.15, -0.1) is 0 Å². The van der Waals surface area contributed by atoms with Gasteiger partial charge in [-0.2, -0.15) is 0 Å². The van der Waals surface area contributed by atoms with Gasteiger partial charge in [0.15, 0.2) is 11.2 Å². The van der Waals surface area contributed by atoms with E-state index in [-0.39, 0.29) is 11.0 Å². The minimum absolute atomic E-state index is 0.278. The van der Waals surface area contributed by atoms with Crippen molar-refractivity contribution in [3.8, 4) is 0 Å². The van der Waals surface area contributed by atoms with Gasteiger partial charge < -0.3 is 14.2 Å². The summed E-state index contributed by atoms with van der Waals surface area (Å²) in [6.07, 6.45) is -0.759. The Morgan fingerprint density at radius 1 is 1.21 bits per heavy atom. The molecule has 0 aliphatic carbocycles. The molecule has 2 heterocycles. The molecule has 6 heteroatoms. The molecule has 3 atom stereocenters. The van der Waals surface area contributed by atoms with E-state index in [0.29, 0.717) is 6.61 Å². The van der Waals surface area contributed by atoms with Gasteiger partial charge in [-0.25, -0.2) is 8.42 Å². The lowest BCUT2D eigenvalue weighted by Gasteiger charge is -2.16. The summed E-state index contributed by atoms with van der Waals surface area (Å²) in [5.74, 6) is -0.669. The van der Waals surface area contributed by atoms with Crippen LogP contribution in [0.25, 0.3) is 0 Å². The van der Waals surface area contributed by atoms with Gasteiger partial charge in [-0.05, 0) is 26.0 Å². The maximum atomic E-state index is 12.3. The molecule has 2 saturated heterocycles. The molecule has 0 unspecified atom stereocenters. The van der Waals surface area contributed by atoms with Crippen molar-refractivity contribution in [1.29, 1.82) is 0 Å². The topological polar surface area (TPSA) is 65.1 Å². The lowest BCUT2D eigenvalue weighted by atomic mass is 10.3. The van der Waals surface area contributed by atoms with Gasteiger partial charge in [0.1, 0.15) is 12.2 Å². The summed E-state index contributed by atoms with van der Waals surface area (Å²) >= 11 is 0. The second-order valence-electron chi connectivity index (χ2n) is 5.19. The van der Waals surface area contributed by atoms with Crippen molar-refractivity contribution in [2.24, 2.45) is 0 Å². The molecule has 0 radical (unpaired) electrons. The monoisotopic (exact) mass is 284 g/mol. The zero-order valence-corrected chi connectivity index (χ0v) is 11.6. The van der Waals surface area contributed by atoms with E-state index < -0.39 is 27.2 Å². The number of hydrogen-bond donors (Lipinski definition) is 0. The van der Waals surface area contributed by atoms with E-state index in [9.17, 15) is 8.42 Å². The van der Waals surface area contributed by atoms with Crippen LogP contribution in [0.5, 0.6) is 0 Å². The first kappa shape index (κ1) is 13.1. The summed E-state index contributed by atoms with van der Waals surface area (Å²) in [6, 6.07) is 8.32. The van der Waals surface area contributed by atoms with Crippen molar-refractivity contribution < 1.29 is 22.6 Å². The van der Waals surface area contributed by atoms with Crippen molar-refractivity contribution in [2.45, 2.75) is 42.2 Å². The van der Waals surface area contributed by atoms with Gasteiger partial charge in [0.2, 0.25) is 9.84 Å². The molecule has 1 aromatic rings. The first-order valence-electron chi connectivity index (χ1n) is 6.16. The third-order valence-corrected chi connectivity index (χ3v) is 5.18. The van der Waals surface area contributed by atoms with E-state index in [1.54, 1.807) is 44.2 Å². The molecule has 0 amide bonds. The lowest BCUT2D eigenvalue weighted by Crippen LogP contribution is -2.26. The van der Waals surface area contributed by atoms with Crippen LogP contribution in [-0.4, -0.2) is 38.5 Å². The molecule has 5 nitrogen and oxygen atoms in total. The van der Waals surface area contributed by atoms with Crippen LogP contribution >= 0.6 is 0 Å². The molecule has 0 saturated carbocycles. The quantitative estimate of drug-likeness (QED) is 0.784. The molecule has 1 aromatic carbocycles. The minimum atomic E-state index is -3.45. The molecule has 0 spiro atoms. The third-order valence-electron chi connectivity index (χ3n) is 3.26. The number of benzene rings is 1. The fourth-order valence-electron chi connectivity index (χ4n) is 2.24. The van der Waals surface area contributed by atoms with Gasteiger partial charge in [-0.3, -0.25) is 0 Å². The Kier molecular flexibility index (Phi) is 2.94. The van der Waals surface area contributed by atoms with Crippen LogP contribution in [0.3, 0.4) is 0 Å². The van der Waals surface area contributed by atoms with Gasteiger partial charge in [0.25, 0.3) is 0 Å². The average molecular weight is 284 g/mol. The Bertz CT molecular complexity index is 566. The zero-order valence-electron chi connectivity index (χ0n) is 10.8. The standard InChI is InChI=1S/C13H16O5S/c1-13(2)16-8-10(18-13)11-12(17-11)19(14,15)9-6-4-3-5-7-9/h3-7,10-12H,8H2,1-2H3/t10-,11-,12-/m1/s1. The lowest BCUT2D eigenvalue weighted by molar-refractivity contribution is -0.140. The fourth-order valence-corrected chi connectivity index (χ4v) is 3.85. The van der Waals surface area contributed by atoms with E-state index in [4.69, 9.17) is 14.2 Å². The van der Waals surface area contributed by atoms with E-state index >= 15 is 0 Å². The summed E-state index contributed by atoms with van der Waals surface area (Å²) in [6.45, 7) is 3.96. The maximum Gasteiger partial charge on any atom is 0.207 e. The van der Waals surface area contributed by atoms with Crippen LogP contribution in [0.1, 0.15) is 13.8 Å². The normalized spacial score (nSPS) is 33.3. The fraction of sp³-hybridized carbons (Fsp3) is 0.538. The number of rotatable bonds is 3. The van der Waals surface area contributed by atoms with Crippen LogP contribution in [0.15, 0.2) is 35.2 Å². The summed E-state index contributed by atoms with van der Waals surface area (Å²) in [4.78, 5) is 0.278. The maximum absolute atomic E-state index is 12.3. The van der Waals surface area contributed by atoms with Crippen molar-refractivity contribution >= 4 is 9.84 Å². The highest BCUT2D eigenvalue weighted by Crippen LogP contribution is 2.39. The molecule has 0 aromatic heterocycles. The van der Waals surface area contributed by atoms with E-state index in [0.717, 1.165) is 0 Å². The van der Waals surface area contributed by atoms with Crippen LogP contribution in [0.4, 0.5) is 0 Å². The number of sulfone groups is 1. The first-order valence-corrected chi connectivity index (χ1v) is 7.71. The molecule has 104 valence electrons. The number of ether oxygens (including phenoxy) is 3. The summed E-state index contributed by atoms with van der Waals surface area (Å²) < 4.78 is 41.0. The average Bonchev–Trinajstić information content (AvgIpc) is 3.10. The first-order chi connectivity index (χ1) is 8.90. The summed E-state index contributed by atoms with van der Waals surface area (Å²) in [7, 11) is -3.45. The SMILES string of the molecule is CC1(C)OC[C@H]([C@H]2O[C@@H]2S(=O)(=O)c2ccccc2)O1. The minimum Gasteiger partial charge on any atom is -0.349 e. The number of hydrogen-bond acceptors (Lipinski definition) is 5. The molecule has 0 N–H and O–H groups in total. The van der Waals surface area contributed by atoms with Crippen molar-refractivity contribution in [3.05, 3.63) is 30.3 Å². The van der Waals surface area contributed by atoms with Crippen LogP contribution in [0, 0.1) is 0 Å². The highest BCUT2D eigenvalue weighted by atomic mass is 32.2. The van der Waals surface area contributed by atoms with Crippen LogP contribution in [0.2, 0.25) is 0 Å². The van der Waals surface area contributed by atoms with Crippen molar-refractivity contribution in [2.75, 3.05) is 6.61 Å². The van der Waals surface area contributed by atoms with Crippen LogP contribution < -0.4 is 0 Å². The molecule has 0 bridgehead atoms. The van der Waals surface area contributed by atoms with E-state index in [1.807, 2.05) is 0 Å². The van der Waals surface area contributed by atoms with Crippen molar-refractivity contribution in [1.82, 2.24) is 0 Å². The largest absolute Gasteiger partial charge is 0.349 e. The van der Waals surface area contributed by atoms with E-state index in [1.165, 1.54) is 0 Å². The second kappa shape index (κ2) is 4.28. The summed E-state index contributed by atoms with van der Waals surface area (Å²) in [5, 5.41) is 0. The Labute approximate surface area is 112 Å². The smallest absolute Gasteiger partial charge is 0.207 e. The Morgan fingerprint density at radius 2 is 1.89 bits per heavy atom. The van der Waals surface area contributed by atoms with Crippen LogP contribution in [-0.2, 0) is 24.0 Å². The second-order valence-corrected chi connectivity index (χ2v) is 7.22. The number of epoxide rings is 1. The molecule has 2 fully saturated rings. The van der Waals surface area contributed by atoms with Crippen molar-refractivity contribution in [3.63, 3.8) is 0 Å². The predicted molar refractivity (Wildman–Crippen MR) is 67.2 cm³/mol. The van der Waals surface area contributed by atoms with E-state index in [2.05, 4.69) is 0 Å². The highest BCUT2D eigenvalue weighted by Gasteiger charge is 2.57. The molecule has 2 aliphatic heterocycles. The van der Waals surface area contributed by atoms with Gasteiger partial charge >= 0.3 is 0 Å².